The number of benzene rings is 1. The van der Waals surface area contributed by atoms with Crippen molar-refractivity contribution < 1.29 is 18.7 Å². The van der Waals surface area contributed by atoms with Crippen LogP contribution in [0.2, 0.25) is 0 Å². The van der Waals surface area contributed by atoms with Crippen LogP contribution in [0.1, 0.15) is 22.8 Å². The normalized spacial score (nSPS) is 10.1. The number of hydrogen-bond acceptors (Lipinski definition) is 4. The summed E-state index contributed by atoms with van der Waals surface area (Å²) in [5, 5.41) is 0. The van der Waals surface area contributed by atoms with Gasteiger partial charge in [0.1, 0.15) is 12.4 Å². The molecule has 1 aromatic rings. The minimum Gasteiger partial charge on any atom is -0.465 e. The van der Waals surface area contributed by atoms with Crippen LogP contribution in [0.4, 0.5) is 10.1 Å². The zero-order valence-electron chi connectivity index (χ0n) is 11.2. The van der Waals surface area contributed by atoms with Gasteiger partial charge in [0.15, 0.2) is 0 Å². The molecule has 0 aromatic heterocycles. The number of esters is 1. The minimum atomic E-state index is -0.548. The van der Waals surface area contributed by atoms with Gasteiger partial charge in [-0.1, -0.05) is 0 Å². The lowest BCUT2D eigenvalue weighted by molar-refractivity contribution is -0.143. The Bertz CT molecular complexity index is 480. The van der Waals surface area contributed by atoms with E-state index in [1.807, 2.05) is 0 Å². The summed E-state index contributed by atoms with van der Waals surface area (Å²) in [5.74, 6) is -1.55. The zero-order valence-corrected chi connectivity index (χ0v) is 11.2. The Morgan fingerprint density at radius 3 is 2.58 bits per heavy atom. The summed E-state index contributed by atoms with van der Waals surface area (Å²) >= 11 is 0. The highest BCUT2D eigenvalue weighted by atomic mass is 19.1. The third-order valence-corrected chi connectivity index (χ3v) is 2.65. The highest BCUT2D eigenvalue weighted by Crippen LogP contribution is 2.18. The number of amides is 1. The van der Waals surface area contributed by atoms with Crippen molar-refractivity contribution in [3.8, 4) is 0 Å². The molecule has 0 atom stereocenters. The standard InChI is InChI=1S/C13H17FN2O3/c1-4-19-12(17)7-16(3)13(18)9-5-10(14)8(2)11(15)6-9/h5-6H,4,7,15H2,1-3H3. The van der Waals surface area contributed by atoms with Crippen LogP contribution in [-0.2, 0) is 9.53 Å². The van der Waals surface area contributed by atoms with Gasteiger partial charge in [0.05, 0.1) is 6.61 Å². The van der Waals surface area contributed by atoms with Crippen molar-refractivity contribution in [3.63, 3.8) is 0 Å². The van der Waals surface area contributed by atoms with Crippen molar-refractivity contribution in [2.45, 2.75) is 13.8 Å². The average Bonchev–Trinajstić information content (AvgIpc) is 2.34. The molecule has 19 heavy (non-hydrogen) atoms. The molecule has 6 heteroatoms. The fraction of sp³-hybridized carbons (Fsp3) is 0.385. The number of nitrogen functional groups attached to an aromatic ring is 1. The second kappa shape index (κ2) is 6.17. The number of carbonyl (C=O) groups excluding carboxylic acids is 2. The number of anilines is 1. The van der Waals surface area contributed by atoms with E-state index >= 15 is 0 Å². The summed E-state index contributed by atoms with van der Waals surface area (Å²) in [7, 11) is 1.44. The Hall–Kier alpha value is -2.11. The summed E-state index contributed by atoms with van der Waals surface area (Å²) in [5.41, 5.74) is 6.21. The second-order valence-corrected chi connectivity index (χ2v) is 4.14. The first kappa shape index (κ1) is 14.9. The van der Waals surface area contributed by atoms with Crippen molar-refractivity contribution >= 4 is 17.6 Å². The highest BCUT2D eigenvalue weighted by molar-refractivity contribution is 5.96. The zero-order chi connectivity index (χ0) is 14.6. The van der Waals surface area contributed by atoms with Crippen LogP contribution >= 0.6 is 0 Å². The first-order valence-electron chi connectivity index (χ1n) is 5.83. The van der Waals surface area contributed by atoms with Crippen LogP contribution in [0.15, 0.2) is 12.1 Å². The smallest absolute Gasteiger partial charge is 0.325 e. The summed E-state index contributed by atoms with van der Waals surface area (Å²) in [6, 6.07) is 2.50. The van der Waals surface area contributed by atoms with Crippen LogP contribution < -0.4 is 5.73 Å². The number of ether oxygens (including phenoxy) is 1. The van der Waals surface area contributed by atoms with E-state index in [0.717, 1.165) is 11.0 Å². The maximum absolute atomic E-state index is 13.5. The predicted octanol–water partition coefficient (Wildman–Crippen LogP) is 1.35. The lowest BCUT2D eigenvalue weighted by Gasteiger charge is -2.16. The van der Waals surface area contributed by atoms with E-state index in [9.17, 15) is 14.0 Å². The SMILES string of the molecule is CCOC(=O)CN(C)C(=O)c1cc(N)c(C)c(F)c1. The predicted molar refractivity (Wildman–Crippen MR) is 69.1 cm³/mol. The van der Waals surface area contributed by atoms with Gasteiger partial charge in [-0.3, -0.25) is 9.59 Å². The highest BCUT2D eigenvalue weighted by Gasteiger charge is 2.17. The van der Waals surface area contributed by atoms with Crippen molar-refractivity contribution in [2.24, 2.45) is 0 Å². The van der Waals surface area contributed by atoms with Crippen molar-refractivity contribution in [1.29, 1.82) is 0 Å². The van der Waals surface area contributed by atoms with E-state index in [0.29, 0.717) is 5.56 Å². The Labute approximate surface area is 111 Å². The van der Waals surface area contributed by atoms with E-state index in [4.69, 9.17) is 10.5 Å². The lowest BCUT2D eigenvalue weighted by atomic mass is 10.1. The lowest BCUT2D eigenvalue weighted by Crippen LogP contribution is -2.33. The molecule has 0 bridgehead atoms. The third-order valence-electron chi connectivity index (χ3n) is 2.65. The van der Waals surface area contributed by atoms with Crippen molar-refractivity contribution in [2.75, 3.05) is 25.9 Å². The first-order valence-corrected chi connectivity index (χ1v) is 5.83. The van der Waals surface area contributed by atoms with Gasteiger partial charge in [0, 0.05) is 23.9 Å². The Morgan fingerprint density at radius 1 is 1.42 bits per heavy atom. The van der Waals surface area contributed by atoms with Crippen molar-refractivity contribution in [1.82, 2.24) is 4.90 Å². The van der Waals surface area contributed by atoms with E-state index in [2.05, 4.69) is 0 Å². The number of rotatable bonds is 4. The molecule has 0 aliphatic rings. The topological polar surface area (TPSA) is 72.6 Å². The molecule has 104 valence electrons. The molecule has 0 unspecified atom stereocenters. The van der Waals surface area contributed by atoms with Gasteiger partial charge in [-0.05, 0) is 26.0 Å². The Morgan fingerprint density at radius 2 is 2.05 bits per heavy atom. The number of likely N-dealkylation sites (N-methyl/N-ethyl adjacent to an activating group) is 1. The van der Waals surface area contributed by atoms with Gasteiger partial charge in [0.25, 0.3) is 5.91 Å². The molecule has 0 spiro atoms. The summed E-state index contributed by atoms with van der Waals surface area (Å²) in [6.07, 6.45) is 0. The number of carbonyl (C=O) groups is 2. The Balaban J connectivity index is 2.85. The molecule has 1 aromatic carbocycles. The molecular formula is C13H17FN2O3. The van der Waals surface area contributed by atoms with Gasteiger partial charge in [-0.25, -0.2) is 4.39 Å². The van der Waals surface area contributed by atoms with Gasteiger partial charge < -0.3 is 15.4 Å². The van der Waals surface area contributed by atoms with Gasteiger partial charge in [-0.15, -0.1) is 0 Å². The maximum atomic E-state index is 13.5. The van der Waals surface area contributed by atoms with E-state index in [-0.39, 0.29) is 24.4 Å². The summed E-state index contributed by atoms with van der Waals surface area (Å²) in [4.78, 5) is 24.4. The fourth-order valence-corrected chi connectivity index (χ4v) is 1.52. The summed E-state index contributed by atoms with van der Waals surface area (Å²) in [6.45, 7) is 3.26. The van der Waals surface area contributed by atoms with Crippen LogP contribution in [0.5, 0.6) is 0 Å². The number of nitrogens with two attached hydrogens (primary N) is 1. The van der Waals surface area contributed by atoms with Crippen molar-refractivity contribution in [3.05, 3.63) is 29.1 Å². The van der Waals surface area contributed by atoms with E-state index in [1.54, 1.807) is 6.92 Å². The van der Waals surface area contributed by atoms with Gasteiger partial charge >= 0.3 is 5.97 Å². The molecule has 2 N–H and O–H groups in total. The third kappa shape index (κ3) is 3.67. The molecule has 0 saturated carbocycles. The number of halogens is 1. The monoisotopic (exact) mass is 268 g/mol. The molecule has 0 heterocycles. The molecule has 0 fully saturated rings. The molecule has 0 aliphatic carbocycles. The number of hydrogen-bond donors (Lipinski definition) is 1. The van der Waals surface area contributed by atoms with Crippen LogP contribution in [-0.4, -0.2) is 37.0 Å². The Kier molecular flexibility index (Phi) is 4.86. The fourth-order valence-electron chi connectivity index (χ4n) is 1.52. The van der Waals surface area contributed by atoms with Crippen LogP contribution in [0.25, 0.3) is 0 Å². The van der Waals surface area contributed by atoms with E-state index < -0.39 is 17.7 Å². The minimum absolute atomic E-state index is 0.104. The van der Waals surface area contributed by atoms with Gasteiger partial charge in [-0.2, -0.15) is 0 Å². The second-order valence-electron chi connectivity index (χ2n) is 4.14. The van der Waals surface area contributed by atoms with E-state index in [1.165, 1.54) is 20.0 Å². The number of nitrogens with zero attached hydrogens (tertiary/aromatic N) is 1. The van der Waals surface area contributed by atoms with Gasteiger partial charge in [0.2, 0.25) is 0 Å². The molecule has 0 radical (unpaired) electrons. The maximum Gasteiger partial charge on any atom is 0.325 e. The quantitative estimate of drug-likeness (QED) is 0.661. The molecule has 5 nitrogen and oxygen atoms in total. The van der Waals surface area contributed by atoms with Crippen LogP contribution in [0, 0.1) is 12.7 Å². The molecule has 1 rings (SSSR count). The average molecular weight is 268 g/mol. The molecular weight excluding hydrogens is 251 g/mol. The molecule has 0 aliphatic heterocycles. The molecule has 1 amide bonds. The first-order chi connectivity index (χ1) is 8.86. The molecule has 0 saturated heterocycles. The summed E-state index contributed by atoms with van der Waals surface area (Å²) < 4.78 is 18.2. The largest absolute Gasteiger partial charge is 0.465 e. The van der Waals surface area contributed by atoms with Crippen LogP contribution in [0.3, 0.4) is 0 Å².